The third kappa shape index (κ3) is 4.09. The molecule has 0 aliphatic rings. The average Bonchev–Trinajstić information content (AvgIpc) is 3.03. The molecule has 0 spiro atoms. The van der Waals surface area contributed by atoms with Gasteiger partial charge >= 0.3 is 0 Å². The van der Waals surface area contributed by atoms with Crippen LogP contribution in [0.3, 0.4) is 0 Å². The normalized spacial score (nSPS) is 9.67. The molecule has 0 aliphatic heterocycles. The minimum atomic E-state index is 1.14. The molecule has 3 heteroatoms. The SMILES string of the molecule is Brc1cc[c]s1.Cc1ccc(-c2cc[c]s2)cc1. The molecule has 3 rings (SSSR count). The molecule has 0 atom stereocenters. The molecule has 0 N–H and O–H groups in total. The molecule has 0 saturated carbocycles. The summed E-state index contributed by atoms with van der Waals surface area (Å²) in [5.41, 5.74) is 2.59. The van der Waals surface area contributed by atoms with Gasteiger partial charge in [0.05, 0.1) is 3.79 Å². The topological polar surface area (TPSA) is 0 Å². The van der Waals surface area contributed by atoms with Gasteiger partial charge in [0.2, 0.25) is 0 Å². The zero-order chi connectivity index (χ0) is 12.8. The van der Waals surface area contributed by atoms with Crippen molar-refractivity contribution in [3.63, 3.8) is 0 Å². The van der Waals surface area contributed by atoms with Gasteiger partial charge in [-0.15, -0.1) is 22.7 Å². The number of hydrogen-bond donors (Lipinski definition) is 0. The predicted octanol–water partition coefficient (Wildman–Crippen LogP) is 5.83. The first kappa shape index (κ1) is 13.5. The Hall–Kier alpha value is -0.900. The van der Waals surface area contributed by atoms with E-state index in [4.69, 9.17) is 0 Å². The van der Waals surface area contributed by atoms with Crippen LogP contribution in [0.5, 0.6) is 0 Å². The number of benzene rings is 1. The lowest BCUT2D eigenvalue weighted by molar-refractivity contribution is 1.48. The second kappa shape index (κ2) is 6.88. The highest BCUT2D eigenvalue weighted by Gasteiger charge is 1.96. The molecule has 0 amide bonds. The van der Waals surface area contributed by atoms with Gasteiger partial charge in [-0.05, 0) is 52.7 Å². The van der Waals surface area contributed by atoms with Gasteiger partial charge in [0.15, 0.2) is 0 Å². The summed E-state index contributed by atoms with van der Waals surface area (Å²) in [4.78, 5) is 1.29. The minimum Gasteiger partial charge on any atom is -0.134 e. The van der Waals surface area contributed by atoms with Crippen LogP contribution in [0.1, 0.15) is 5.56 Å². The van der Waals surface area contributed by atoms with E-state index in [1.165, 1.54) is 16.0 Å². The highest BCUT2D eigenvalue weighted by atomic mass is 79.9. The number of halogens is 1. The van der Waals surface area contributed by atoms with Gasteiger partial charge in [-0.2, -0.15) is 0 Å². The molecule has 0 aliphatic carbocycles. The Labute approximate surface area is 124 Å². The average molecular weight is 335 g/mol. The summed E-state index contributed by atoms with van der Waals surface area (Å²) < 4.78 is 1.14. The summed E-state index contributed by atoms with van der Waals surface area (Å²) in [7, 11) is 0. The van der Waals surface area contributed by atoms with E-state index in [1.807, 2.05) is 18.2 Å². The van der Waals surface area contributed by atoms with E-state index in [-0.39, 0.29) is 0 Å². The van der Waals surface area contributed by atoms with Crippen molar-refractivity contribution in [2.75, 3.05) is 0 Å². The van der Waals surface area contributed by atoms with E-state index in [9.17, 15) is 0 Å². The Morgan fingerprint density at radius 2 is 1.56 bits per heavy atom. The van der Waals surface area contributed by atoms with E-state index in [0.717, 1.165) is 3.79 Å². The van der Waals surface area contributed by atoms with Gasteiger partial charge in [-0.3, -0.25) is 0 Å². The van der Waals surface area contributed by atoms with Crippen LogP contribution < -0.4 is 0 Å². The lowest BCUT2D eigenvalue weighted by Gasteiger charge is -1.96. The van der Waals surface area contributed by atoms with Gasteiger partial charge < -0.3 is 0 Å². The number of rotatable bonds is 1. The molecule has 2 aromatic heterocycles. The van der Waals surface area contributed by atoms with Gasteiger partial charge in [0, 0.05) is 15.6 Å². The fourth-order valence-corrected chi connectivity index (χ4v) is 2.79. The maximum Gasteiger partial charge on any atom is 0.0705 e. The maximum absolute atomic E-state index is 3.27. The first-order chi connectivity index (χ1) is 8.75. The molecule has 1 aromatic carbocycles. The van der Waals surface area contributed by atoms with E-state index < -0.39 is 0 Å². The highest BCUT2D eigenvalue weighted by Crippen LogP contribution is 2.23. The summed E-state index contributed by atoms with van der Waals surface area (Å²) in [6, 6.07) is 16.5. The molecule has 90 valence electrons. The van der Waals surface area contributed by atoms with Crippen molar-refractivity contribution < 1.29 is 0 Å². The standard InChI is InChI=1S/C11H9S.C4H2BrS/c1-9-4-6-10(7-5-9)11-3-2-8-12-11;5-4-2-1-3-6-4/h2-7H,1H3;1-2H. The molecular formula is C15H11BrS2. The van der Waals surface area contributed by atoms with Gasteiger partial charge in [0.25, 0.3) is 0 Å². The monoisotopic (exact) mass is 334 g/mol. The van der Waals surface area contributed by atoms with Crippen molar-refractivity contribution in [3.05, 3.63) is 68.6 Å². The molecular weight excluding hydrogens is 324 g/mol. The summed E-state index contributed by atoms with van der Waals surface area (Å²) in [6.45, 7) is 2.10. The van der Waals surface area contributed by atoms with E-state index in [0.29, 0.717) is 0 Å². The first-order valence-electron chi connectivity index (χ1n) is 5.40. The van der Waals surface area contributed by atoms with E-state index in [1.54, 1.807) is 22.7 Å². The zero-order valence-corrected chi connectivity index (χ0v) is 13.0. The Kier molecular flexibility index (Phi) is 5.17. The van der Waals surface area contributed by atoms with Gasteiger partial charge in [-0.25, -0.2) is 0 Å². The molecule has 0 unspecified atom stereocenters. The van der Waals surface area contributed by atoms with E-state index in [2.05, 4.69) is 63.9 Å². The van der Waals surface area contributed by atoms with Crippen LogP contribution in [0, 0.1) is 17.7 Å². The van der Waals surface area contributed by atoms with Gasteiger partial charge in [0.1, 0.15) is 0 Å². The molecule has 0 fully saturated rings. The largest absolute Gasteiger partial charge is 0.134 e. The fraction of sp³-hybridized carbons (Fsp3) is 0.0667. The second-order valence-electron chi connectivity index (χ2n) is 3.64. The number of hydrogen-bond acceptors (Lipinski definition) is 2. The third-order valence-electron chi connectivity index (χ3n) is 2.25. The Morgan fingerprint density at radius 1 is 0.889 bits per heavy atom. The first-order valence-corrected chi connectivity index (χ1v) is 7.82. The summed E-state index contributed by atoms with van der Waals surface area (Å²) in [6.07, 6.45) is 0. The van der Waals surface area contributed by atoms with Crippen molar-refractivity contribution >= 4 is 38.6 Å². The van der Waals surface area contributed by atoms with Crippen LogP contribution in [-0.2, 0) is 0 Å². The quantitative estimate of drug-likeness (QED) is 0.524. The lowest BCUT2D eigenvalue weighted by Crippen LogP contribution is -1.72. The number of thiophene rings is 2. The van der Waals surface area contributed by atoms with Crippen molar-refractivity contribution in [3.8, 4) is 10.4 Å². The molecule has 0 saturated heterocycles. The molecule has 2 radical (unpaired) electrons. The Bertz CT molecular complexity index is 551. The Morgan fingerprint density at radius 3 is 2.00 bits per heavy atom. The maximum atomic E-state index is 3.27. The van der Waals surface area contributed by atoms with Crippen LogP contribution in [-0.4, -0.2) is 0 Å². The van der Waals surface area contributed by atoms with Crippen LogP contribution in [0.25, 0.3) is 10.4 Å². The number of aryl methyl sites for hydroxylation is 1. The summed E-state index contributed by atoms with van der Waals surface area (Å²) in [5, 5.41) is 6.01. The summed E-state index contributed by atoms with van der Waals surface area (Å²) >= 11 is 6.49. The zero-order valence-electron chi connectivity index (χ0n) is 9.81. The Balaban J connectivity index is 0.000000169. The van der Waals surface area contributed by atoms with Crippen molar-refractivity contribution in [1.82, 2.24) is 0 Å². The van der Waals surface area contributed by atoms with Crippen LogP contribution in [0.2, 0.25) is 0 Å². The van der Waals surface area contributed by atoms with Crippen molar-refractivity contribution in [2.24, 2.45) is 0 Å². The van der Waals surface area contributed by atoms with Crippen molar-refractivity contribution in [2.45, 2.75) is 6.92 Å². The molecule has 3 aromatic rings. The highest BCUT2D eigenvalue weighted by molar-refractivity contribution is 9.11. The van der Waals surface area contributed by atoms with Crippen LogP contribution >= 0.6 is 38.6 Å². The molecule has 0 bridgehead atoms. The fourth-order valence-electron chi connectivity index (χ4n) is 1.34. The van der Waals surface area contributed by atoms with E-state index >= 15 is 0 Å². The smallest absolute Gasteiger partial charge is 0.0705 e. The van der Waals surface area contributed by atoms with Crippen LogP contribution in [0.4, 0.5) is 0 Å². The molecule has 18 heavy (non-hydrogen) atoms. The summed E-state index contributed by atoms with van der Waals surface area (Å²) in [5.74, 6) is 0. The van der Waals surface area contributed by atoms with Crippen molar-refractivity contribution in [1.29, 1.82) is 0 Å². The second-order valence-corrected chi connectivity index (χ2v) is 6.78. The molecule has 0 nitrogen and oxygen atoms in total. The minimum absolute atomic E-state index is 1.14. The molecule has 2 heterocycles. The van der Waals surface area contributed by atoms with Crippen LogP contribution in [0.15, 0.2) is 52.3 Å². The third-order valence-corrected chi connectivity index (χ3v) is 4.43. The van der Waals surface area contributed by atoms with Gasteiger partial charge in [-0.1, -0.05) is 29.8 Å². The predicted molar refractivity (Wildman–Crippen MR) is 84.2 cm³/mol. The lowest BCUT2D eigenvalue weighted by atomic mass is 10.1.